The SMILES string of the molecule is CCCNc1cc(C(=O)N2CC(C)CC(C)C2)c(Cl)cn1. The Morgan fingerprint density at radius 3 is 2.71 bits per heavy atom. The number of halogens is 1. The van der Waals surface area contributed by atoms with Crippen LogP contribution in [0.2, 0.25) is 5.02 Å². The predicted molar refractivity (Wildman–Crippen MR) is 86.9 cm³/mol. The van der Waals surface area contributed by atoms with Crippen molar-refractivity contribution in [2.24, 2.45) is 11.8 Å². The molecule has 0 saturated carbocycles. The number of piperidine rings is 1. The average molecular weight is 310 g/mol. The maximum Gasteiger partial charge on any atom is 0.255 e. The van der Waals surface area contributed by atoms with Crippen molar-refractivity contribution in [2.75, 3.05) is 25.0 Å². The summed E-state index contributed by atoms with van der Waals surface area (Å²) in [7, 11) is 0. The Labute approximate surface area is 131 Å². The molecule has 2 unspecified atom stereocenters. The highest BCUT2D eigenvalue weighted by molar-refractivity contribution is 6.33. The zero-order chi connectivity index (χ0) is 15.4. The molecule has 0 radical (unpaired) electrons. The molecule has 2 heterocycles. The molecule has 1 aromatic rings. The van der Waals surface area contributed by atoms with Crippen LogP contribution in [0.25, 0.3) is 0 Å². The van der Waals surface area contributed by atoms with Crippen LogP contribution in [0.1, 0.15) is 44.0 Å². The molecule has 1 aromatic heterocycles. The standard InChI is InChI=1S/C16H24ClN3O/c1-4-5-18-15-7-13(14(17)8-19-15)16(21)20-9-11(2)6-12(3)10-20/h7-8,11-12H,4-6,9-10H2,1-3H3,(H,18,19). The van der Waals surface area contributed by atoms with Crippen LogP contribution in [0.5, 0.6) is 0 Å². The summed E-state index contributed by atoms with van der Waals surface area (Å²) in [6, 6.07) is 1.77. The lowest BCUT2D eigenvalue weighted by atomic mass is 9.91. The van der Waals surface area contributed by atoms with Crippen LogP contribution in [0.3, 0.4) is 0 Å². The molecule has 4 nitrogen and oxygen atoms in total. The van der Waals surface area contributed by atoms with Gasteiger partial charge in [-0.15, -0.1) is 0 Å². The van der Waals surface area contributed by atoms with E-state index >= 15 is 0 Å². The Morgan fingerprint density at radius 2 is 2.10 bits per heavy atom. The van der Waals surface area contributed by atoms with Crippen molar-refractivity contribution in [1.29, 1.82) is 0 Å². The molecule has 1 aliphatic rings. The van der Waals surface area contributed by atoms with Gasteiger partial charge in [-0.05, 0) is 30.7 Å². The lowest BCUT2D eigenvalue weighted by Gasteiger charge is -2.35. The van der Waals surface area contributed by atoms with Crippen LogP contribution in [-0.2, 0) is 0 Å². The van der Waals surface area contributed by atoms with Crippen molar-refractivity contribution in [3.8, 4) is 0 Å². The van der Waals surface area contributed by atoms with E-state index in [1.807, 2.05) is 4.90 Å². The summed E-state index contributed by atoms with van der Waals surface area (Å²) in [5.74, 6) is 1.80. The van der Waals surface area contributed by atoms with E-state index in [9.17, 15) is 4.79 Å². The number of carbonyl (C=O) groups is 1. The third kappa shape index (κ3) is 4.10. The third-order valence-electron chi connectivity index (χ3n) is 3.80. The Kier molecular flexibility index (Phi) is 5.45. The molecule has 0 aliphatic carbocycles. The fraction of sp³-hybridized carbons (Fsp3) is 0.625. The summed E-state index contributed by atoms with van der Waals surface area (Å²) in [6.45, 7) is 8.92. The zero-order valence-corrected chi connectivity index (χ0v) is 13.8. The lowest BCUT2D eigenvalue weighted by molar-refractivity contribution is 0.0623. The molecule has 1 amide bonds. The molecular weight excluding hydrogens is 286 g/mol. The largest absolute Gasteiger partial charge is 0.370 e. The van der Waals surface area contributed by atoms with E-state index in [0.717, 1.165) is 26.1 Å². The van der Waals surface area contributed by atoms with Crippen LogP contribution in [-0.4, -0.2) is 35.4 Å². The second-order valence-electron chi connectivity index (χ2n) is 6.13. The van der Waals surface area contributed by atoms with Gasteiger partial charge in [0.2, 0.25) is 0 Å². The van der Waals surface area contributed by atoms with Crippen LogP contribution in [0.15, 0.2) is 12.3 Å². The molecule has 1 fully saturated rings. The van der Waals surface area contributed by atoms with Gasteiger partial charge >= 0.3 is 0 Å². The quantitative estimate of drug-likeness (QED) is 0.923. The Hall–Kier alpha value is -1.29. The summed E-state index contributed by atoms with van der Waals surface area (Å²) < 4.78 is 0. The molecule has 0 bridgehead atoms. The maximum absolute atomic E-state index is 12.7. The van der Waals surface area contributed by atoms with Crippen LogP contribution in [0.4, 0.5) is 5.82 Å². The van der Waals surface area contributed by atoms with E-state index in [1.165, 1.54) is 6.42 Å². The van der Waals surface area contributed by atoms with Gasteiger partial charge in [0.05, 0.1) is 10.6 Å². The highest BCUT2D eigenvalue weighted by Crippen LogP contribution is 2.25. The maximum atomic E-state index is 12.7. The van der Waals surface area contributed by atoms with Gasteiger partial charge < -0.3 is 10.2 Å². The number of anilines is 1. The summed E-state index contributed by atoms with van der Waals surface area (Å²) in [6.07, 6.45) is 3.75. The van der Waals surface area contributed by atoms with Crippen molar-refractivity contribution in [3.63, 3.8) is 0 Å². The number of carbonyl (C=O) groups excluding carboxylic acids is 1. The Balaban J connectivity index is 2.17. The summed E-state index contributed by atoms with van der Waals surface area (Å²) >= 11 is 6.18. The average Bonchev–Trinajstić information content (AvgIpc) is 2.44. The molecule has 1 N–H and O–H groups in total. The first-order chi connectivity index (χ1) is 10.0. The van der Waals surface area contributed by atoms with Crippen molar-refractivity contribution in [1.82, 2.24) is 9.88 Å². The van der Waals surface area contributed by atoms with E-state index in [0.29, 0.717) is 28.2 Å². The van der Waals surface area contributed by atoms with E-state index in [1.54, 1.807) is 12.3 Å². The molecule has 21 heavy (non-hydrogen) atoms. The van der Waals surface area contributed by atoms with Crippen LogP contribution >= 0.6 is 11.6 Å². The minimum Gasteiger partial charge on any atom is -0.370 e. The lowest BCUT2D eigenvalue weighted by Crippen LogP contribution is -2.42. The van der Waals surface area contributed by atoms with E-state index in [4.69, 9.17) is 11.6 Å². The van der Waals surface area contributed by atoms with Crippen molar-refractivity contribution in [2.45, 2.75) is 33.6 Å². The minimum absolute atomic E-state index is 0.0142. The summed E-state index contributed by atoms with van der Waals surface area (Å²) in [5, 5.41) is 3.62. The molecular formula is C16H24ClN3O. The Bertz CT molecular complexity index is 496. The van der Waals surface area contributed by atoms with Gasteiger partial charge in [-0.2, -0.15) is 0 Å². The molecule has 1 saturated heterocycles. The topological polar surface area (TPSA) is 45.2 Å². The Morgan fingerprint density at radius 1 is 1.43 bits per heavy atom. The van der Waals surface area contributed by atoms with Crippen molar-refractivity contribution < 1.29 is 4.79 Å². The first kappa shape index (κ1) is 16.1. The van der Waals surface area contributed by atoms with E-state index < -0.39 is 0 Å². The number of pyridine rings is 1. The van der Waals surface area contributed by atoms with E-state index in [-0.39, 0.29) is 5.91 Å². The first-order valence-electron chi connectivity index (χ1n) is 7.70. The fourth-order valence-corrected chi connectivity index (χ4v) is 3.14. The van der Waals surface area contributed by atoms with E-state index in [2.05, 4.69) is 31.1 Å². The van der Waals surface area contributed by atoms with Gasteiger partial charge in [-0.1, -0.05) is 32.4 Å². The number of nitrogens with one attached hydrogen (secondary N) is 1. The number of nitrogens with zero attached hydrogens (tertiary/aromatic N) is 2. The summed E-state index contributed by atoms with van der Waals surface area (Å²) in [5.41, 5.74) is 0.548. The zero-order valence-electron chi connectivity index (χ0n) is 13.0. The molecule has 2 atom stereocenters. The number of amides is 1. The van der Waals surface area contributed by atoms with Gasteiger partial charge in [-0.25, -0.2) is 4.98 Å². The van der Waals surface area contributed by atoms with Gasteiger partial charge in [0, 0.05) is 25.8 Å². The molecule has 2 rings (SSSR count). The molecule has 116 valence electrons. The monoisotopic (exact) mass is 309 g/mol. The van der Waals surface area contributed by atoms with Crippen LogP contribution < -0.4 is 5.32 Å². The predicted octanol–water partition coefficient (Wildman–Crippen LogP) is 3.68. The summed E-state index contributed by atoms with van der Waals surface area (Å²) in [4.78, 5) is 18.9. The molecule has 1 aliphatic heterocycles. The molecule has 0 spiro atoms. The highest BCUT2D eigenvalue weighted by atomic mass is 35.5. The number of rotatable bonds is 4. The second-order valence-corrected chi connectivity index (χ2v) is 6.54. The highest BCUT2D eigenvalue weighted by Gasteiger charge is 2.27. The van der Waals surface area contributed by atoms with Gasteiger partial charge in [-0.3, -0.25) is 4.79 Å². The molecule has 5 heteroatoms. The first-order valence-corrected chi connectivity index (χ1v) is 8.07. The van der Waals surface area contributed by atoms with Crippen LogP contribution in [0, 0.1) is 11.8 Å². The third-order valence-corrected chi connectivity index (χ3v) is 4.10. The smallest absolute Gasteiger partial charge is 0.255 e. The fourth-order valence-electron chi connectivity index (χ4n) is 2.95. The second kappa shape index (κ2) is 7.12. The van der Waals surface area contributed by atoms with Gasteiger partial charge in [0.25, 0.3) is 5.91 Å². The number of hydrogen-bond acceptors (Lipinski definition) is 3. The number of aromatic nitrogens is 1. The van der Waals surface area contributed by atoms with Gasteiger partial charge in [0.15, 0.2) is 0 Å². The molecule has 0 aromatic carbocycles. The minimum atomic E-state index is 0.0142. The van der Waals surface area contributed by atoms with Gasteiger partial charge in [0.1, 0.15) is 5.82 Å². The van der Waals surface area contributed by atoms with Crippen molar-refractivity contribution in [3.05, 3.63) is 22.8 Å². The number of hydrogen-bond donors (Lipinski definition) is 1. The normalized spacial score (nSPS) is 22.2. The number of likely N-dealkylation sites (tertiary alicyclic amines) is 1. The van der Waals surface area contributed by atoms with Crippen molar-refractivity contribution >= 4 is 23.3 Å².